The number of hydrogen-bond acceptors (Lipinski definition) is 0. The van der Waals surface area contributed by atoms with E-state index in [4.69, 9.17) is 6.85 Å². The second-order valence-corrected chi connectivity index (χ2v) is 37.7. The fraction of sp³-hybridized carbons (Fsp3) is 1.00. The first-order valence-electron chi connectivity index (χ1n) is 33.7. The molecule has 0 aliphatic rings. The van der Waals surface area contributed by atoms with Gasteiger partial charge in [-0.2, -0.15) is 0 Å². The molecule has 0 N–H and O–H groups in total. The van der Waals surface area contributed by atoms with Gasteiger partial charge < -0.3 is 0 Å². The average Bonchev–Trinajstić information content (AvgIpc) is 3.02. The highest BCUT2D eigenvalue weighted by Gasteiger charge is 2.27. The third-order valence-electron chi connectivity index (χ3n) is 10.8. The van der Waals surface area contributed by atoms with Crippen molar-refractivity contribution in [1.29, 1.82) is 0 Å². The van der Waals surface area contributed by atoms with Crippen molar-refractivity contribution < 1.29 is 6.85 Å². The number of hydrogen-bond donors (Lipinski definition) is 0. The monoisotopic (exact) mass is 1090 g/mol. The van der Waals surface area contributed by atoms with Crippen LogP contribution in [0.4, 0.5) is 0 Å². The van der Waals surface area contributed by atoms with Crippen LogP contribution in [0.5, 0.6) is 0 Å². The van der Waals surface area contributed by atoms with Gasteiger partial charge in [0.2, 0.25) is 0 Å². The molecule has 0 saturated heterocycles. The topological polar surface area (TPSA) is 0 Å². The first-order chi connectivity index (χ1) is 33.7. The fourth-order valence-corrected chi connectivity index (χ4v) is 2.84. The Balaban J connectivity index is -0.0000000646. The summed E-state index contributed by atoms with van der Waals surface area (Å²) in [6.45, 7) is 114. The van der Waals surface area contributed by atoms with Crippen molar-refractivity contribution in [2.45, 2.75) is 399 Å². The molecule has 0 heteroatoms. The highest BCUT2D eigenvalue weighted by atomic mass is 14.3. The molecule has 76 heavy (non-hydrogen) atoms. The lowest BCUT2D eigenvalue weighted by Gasteiger charge is -2.34. The third kappa shape index (κ3) is 204. The highest BCUT2D eigenvalue weighted by Crippen LogP contribution is 2.36. The van der Waals surface area contributed by atoms with Gasteiger partial charge in [-0.3, -0.25) is 0 Å². The molecule has 0 amide bonds. The van der Waals surface area contributed by atoms with E-state index in [-0.39, 0.29) is 39.8 Å². The van der Waals surface area contributed by atoms with Gasteiger partial charge in [0.05, 0.1) is 0 Å². The first-order valence-corrected chi connectivity index (χ1v) is 31.2. The smallest absolute Gasteiger partial charge is 0.0302 e. The van der Waals surface area contributed by atoms with Crippen molar-refractivity contribution >= 4 is 0 Å². The lowest BCUT2D eigenvalue weighted by molar-refractivity contribution is 0.157. The van der Waals surface area contributed by atoms with Crippen molar-refractivity contribution in [2.75, 3.05) is 0 Å². The van der Waals surface area contributed by atoms with Crippen LogP contribution in [-0.4, -0.2) is 0 Å². The molecular formula is C76H176. The van der Waals surface area contributed by atoms with E-state index in [1.165, 1.54) is 25.7 Å². The summed E-state index contributed by atoms with van der Waals surface area (Å²) in [5, 5.41) is 0. The standard InChI is InChI=1S/3C8H18.4C7H16.C6H14.2C5H12.2C4H10/c2*1-7(2)6-8(3,4)5;1-7(2,3)8(4,5)6;3*1-6(2)7(3,4)5;1-5-6-7(2,3)4;1-5-6(2,3)4;2*1-5(2,3)4;2*1-4(2)3/h2*7H,6H2,1-5H3;1-6H3;3*6H,1-5H3;5-6H2,1-4H3;5H2,1-4H3;2*1-4H3;2*4H,1-3H3/i6D2;;;2*6D;;;;;;4D;. The molecule has 480 valence electrons. The Morgan fingerprint density at radius 3 is 0.487 bits per heavy atom. The van der Waals surface area contributed by atoms with Crippen LogP contribution in [0.15, 0.2) is 0 Å². The predicted molar refractivity (Wildman–Crippen MR) is 375 cm³/mol. The SMILES string of the molecule is CC(C)(C)C.CC(C)(C)C.CC(C)(C)C(C)(C)C.CC(C)C.CC(C)C(C)(C)C.CC(C)CC(C)(C)C.CCC(C)(C)C.CCCC(C)(C)C.[2H]C(C)(C)C.[2H]C(C)(C)C(C)(C)C.[2H]C(C)(C)C(C)(C)C.[2H]C([2H])(C(C)C)C(C)(C)C. The van der Waals surface area contributed by atoms with Crippen molar-refractivity contribution in [3.05, 3.63) is 0 Å². The van der Waals surface area contributed by atoms with E-state index in [1.54, 1.807) is 0 Å². The van der Waals surface area contributed by atoms with E-state index in [1.807, 2.05) is 83.1 Å². The van der Waals surface area contributed by atoms with E-state index >= 15 is 0 Å². The zero-order chi connectivity index (χ0) is 70.6. The molecule has 0 heterocycles. The van der Waals surface area contributed by atoms with E-state index < -0.39 is 6.37 Å². The largest absolute Gasteiger partial charge is 0.0654 e. The summed E-state index contributed by atoms with van der Waals surface area (Å²) >= 11 is 0. The summed E-state index contributed by atoms with van der Waals surface area (Å²) in [6, 6.07) is 0. The lowest BCUT2D eigenvalue weighted by atomic mass is 9.71. The Labute approximate surface area is 504 Å². The predicted octanol–water partition coefficient (Wildman–Crippen LogP) is 30.0. The van der Waals surface area contributed by atoms with E-state index in [9.17, 15) is 0 Å². The van der Waals surface area contributed by atoms with Crippen LogP contribution in [0.1, 0.15) is 406 Å². The zero-order valence-corrected chi connectivity index (χ0v) is 65.6. The van der Waals surface area contributed by atoms with Crippen LogP contribution >= 0.6 is 0 Å². The molecule has 0 atom stereocenters. The van der Waals surface area contributed by atoms with E-state index in [2.05, 4.69) is 284 Å². The zero-order valence-electron chi connectivity index (χ0n) is 70.6. The van der Waals surface area contributed by atoms with Crippen molar-refractivity contribution in [3.8, 4) is 0 Å². The summed E-state index contributed by atoms with van der Waals surface area (Å²) in [5.41, 5.74) is 3.95. The molecule has 0 radical (unpaired) electrons. The van der Waals surface area contributed by atoms with Gasteiger partial charge >= 0.3 is 0 Å². The Bertz CT molecular complexity index is 1170. The summed E-state index contributed by atoms with van der Waals surface area (Å²) < 4.78 is 37.5. The van der Waals surface area contributed by atoms with Gasteiger partial charge in [-0.1, -0.05) is 380 Å². The Kier molecular flexibility index (Phi) is 57.3. The molecule has 0 aliphatic heterocycles. The van der Waals surface area contributed by atoms with E-state index in [0.29, 0.717) is 43.3 Å². The van der Waals surface area contributed by atoms with Crippen LogP contribution in [0, 0.1) is 101 Å². The van der Waals surface area contributed by atoms with Gasteiger partial charge in [0, 0.05) is 6.85 Å². The minimum absolute atomic E-state index is 0.0903. The molecular weight excluding hydrogens is 913 g/mol. The molecule has 0 unspecified atom stereocenters. The van der Waals surface area contributed by atoms with E-state index in [0.717, 1.165) is 17.8 Å². The maximum absolute atomic E-state index is 7.70. The molecule has 0 nitrogen and oxygen atoms in total. The van der Waals surface area contributed by atoms with Crippen LogP contribution in [-0.2, 0) is 0 Å². The maximum Gasteiger partial charge on any atom is 0.0302 e. The second kappa shape index (κ2) is 48.5. The summed E-state index contributed by atoms with van der Waals surface area (Å²) in [7, 11) is 0. The molecule has 0 aromatic rings. The quantitative estimate of drug-likeness (QED) is 0.264. The lowest BCUT2D eigenvalue weighted by Crippen LogP contribution is -2.25. The average molecular weight is 1100 g/mol. The minimum Gasteiger partial charge on any atom is -0.0654 e. The summed E-state index contributed by atoms with van der Waals surface area (Å²) in [6.07, 6.45) is 4.18. The molecule has 0 fully saturated rings. The van der Waals surface area contributed by atoms with Crippen LogP contribution < -0.4 is 0 Å². The molecule has 0 bridgehead atoms. The maximum atomic E-state index is 7.70. The Morgan fingerprint density at radius 2 is 0.487 bits per heavy atom. The van der Waals surface area contributed by atoms with Gasteiger partial charge in [0.25, 0.3) is 0 Å². The fourth-order valence-electron chi connectivity index (χ4n) is 2.84. The normalized spacial score (nSPS) is 13.9. The van der Waals surface area contributed by atoms with Crippen molar-refractivity contribution in [3.63, 3.8) is 0 Å². The van der Waals surface area contributed by atoms with Crippen LogP contribution in [0.25, 0.3) is 0 Å². The molecule has 0 rings (SSSR count). The van der Waals surface area contributed by atoms with Crippen LogP contribution in [0.3, 0.4) is 0 Å². The molecule has 0 aromatic carbocycles. The van der Waals surface area contributed by atoms with Crippen molar-refractivity contribution in [2.24, 2.45) is 101 Å². The van der Waals surface area contributed by atoms with Crippen LogP contribution in [0.2, 0.25) is 0 Å². The van der Waals surface area contributed by atoms with Gasteiger partial charge in [0.15, 0.2) is 0 Å². The van der Waals surface area contributed by atoms with Gasteiger partial charge in [-0.15, -0.1) is 0 Å². The molecule has 0 aromatic heterocycles. The minimum atomic E-state index is -1.06. The first kappa shape index (κ1) is 89.8. The van der Waals surface area contributed by atoms with Gasteiger partial charge in [-0.25, -0.2) is 0 Å². The van der Waals surface area contributed by atoms with Gasteiger partial charge in [-0.05, 0) is 120 Å². The Morgan fingerprint density at radius 1 is 0.316 bits per heavy atom. The molecule has 0 spiro atoms. The highest BCUT2D eigenvalue weighted by molar-refractivity contribution is 4.77. The third-order valence-corrected chi connectivity index (χ3v) is 10.8. The van der Waals surface area contributed by atoms with Crippen molar-refractivity contribution in [1.82, 2.24) is 0 Å². The summed E-state index contributed by atoms with van der Waals surface area (Å²) in [5.74, 6) is 1.69. The Hall–Kier alpha value is 0. The molecule has 0 saturated carbocycles. The number of rotatable bonds is 3. The molecule has 0 aliphatic carbocycles. The van der Waals surface area contributed by atoms with Gasteiger partial charge in [0.1, 0.15) is 0 Å². The second-order valence-electron chi connectivity index (χ2n) is 37.7. The summed E-state index contributed by atoms with van der Waals surface area (Å²) in [4.78, 5) is 0.